The summed E-state index contributed by atoms with van der Waals surface area (Å²) in [7, 11) is 0. The van der Waals surface area contributed by atoms with E-state index in [1.807, 2.05) is 0 Å². The molecule has 4 nitrogen and oxygen atoms in total. The molecule has 0 bridgehead atoms. The molecule has 0 spiro atoms. The summed E-state index contributed by atoms with van der Waals surface area (Å²) in [6.07, 6.45) is 4.48. The first-order valence-electron chi connectivity index (χ1n) is 5.29. The molecule has 1 fully saturated rings. The van der Waals surface area contributed by atoms with Crippen molar-refractivity contribution >= 4 is 23.5 Å². The van der Waals surface area contributed by atoms with Crippen LogP contribution in [-0.2, 0) is 4.79 Å². The minimum atomic E-state index is -0.461. The van der Waals surface area contributed by atoms with Crippen LogP contribution in [0.4, 0.5) is 4.79 Å². The number of alkyl halides is 1. The topological polar surface area (TPSA) is 58.2 Å². The number of rotatable bonds is 2. The van der Waals surface area contributed by atoms with E-state index in [0.717, 1.165) is 19.3 Å². The van der Waals surface area contributed by atoms with Crippen molar-refractivity contribution in [1.82, 2.24) is 10.6 Å². The maximum atomic E-state index is 11.3. The molecule has 0 saturated heterocycles. The third-order valence-corrected chi connectivity index (χ3v) is 3.05. The largest absolute Gasteiger partial charge is 0.335 e. The Morgan fingerprint density at radius 3 is 2.60 bits per heavy atom. The van der Waals surface area contributed by atoms with Crippen molar-refractivity contribution in [3.8, 4) is 0 Å². The van der Waals surface area contributed by atoms with Crippen LogP contribution in [0.5, 0.6) is 0 Å². The molecule has 1 aliphatic rings. The van der Waals surface area contributed by atoms with Crippen LogP contribution >= 0.6 is 11.6 Å². The fourth-order valence-electron chi connectivity index (χ4n) is 1.90. The van der Waals surface area contributed by atoms with E-state index in [1.54, 1.807) is 0 Å². The van der Waals surface area contributed by atoms with Crippen LogP contribution in [0.1, 0.15) is 32.6 Å². The minimum absolute atomic E-state index is 0.182. The average Bonchev–Trinajstić information content (AvgIpc) is 2.21. The summed E-state index contributed by atoms with van der Waals surface area (Å²) >= 11 is 5.28. The van der Waals surface area contributed by atoms with Gasteiger partial charge < -0.3 is 5.32 Å². The number of halogens is 1. The Morgan fingerprint density at radius 1 is 1.33 bits per heavy atom. The summed E-state index contributed by atoms with van der Waals surface area (Å²) in [4.78, 5) is 22.2. The van der Waals surface area contributed by atoms with Gasteiger partial charge in [-0.2, -0.15) is 0 Å². The second-order valence-electron chi connectivity index (χ2n) is 4.02. The van der Waals surface area contributed by atoms with Crippen molar-refractivity contribution in [2.75, 3.05) is 5.88 Å². The van der Waals surface area contributed by atoms with Gasteiger partial charge in [-0.05, 0) is 18.8 Å². The summed E-state index contributed by atoms with van der Waals surface area (Å²) in [5.41, 5.74) is 0. The number of carbonyl (C=O) groups is 2. The Labute approximate surface area is 94.7 Å². The molecule has 0 aromatic carbocycles. The Hall–Kier alpha value is -0.770. The zero-order chi connectivity index (χ0) is 11.3. The smallest absolute Gasteiger partial charge is 0.321 e. The van der Waals surface area contributed by atoms with Gasteiger partial charge in [-0.25, -0.2) is 4.79 Å². The first-order valence-corrected chi connectivity index (χ1v) is 5.83. The van der Waals surface area contributed by atoms with Gasteiger partial charge in [0.2, 0.25) is 5.91 Å². The molecule has 1 rings (SSSR count). The number of urea groups is 1. The van der Waals surface area contributed by atoms with Crippen molar-refractivity contribution < 1.29 is 9.59 Å². The number of amides is 3. The molecule has 2 atom stereocenters. The van der Waals surface area contributed by atoms with Crippen molar-refractivity contribution in [3.63, 3.8) is 0 Å². The van der Waals surface area contributed by atoms with E-state index in [1.165, 1.54) is 6.42 Å². The lowest BCUT2D eigenvalue weighted by Gasteiger charge is -2.29. The molecule has 0 aromatic rings. The number of imide groups is 1. The molecular weight excluding hydrogens is 216 g/mol. The molecule has 1 saturated carbocycles. The summed E-state index contributed by atoms with van der Waals surface area (Å²) in [5, 5.41) is 4.98. The van der Waals surface area contributed by atoms with Gasteiger partial charge in [-0.1, -0.05) is 19.8 Å². The number of hydrogen-bond donors (Lipinski definition) is 2. The van der Waals surface area contributed by atoms with Gasteiger partial charge >= 0.3 is 6.03 Å². The Morgan fingerprint density at radius 2 is 2.00 bits per heavy atom. The molecule has 86 valence electrons. The van der Waals surface area contributed by atoms with Crippen LogP contribution in [0.2, 0.25) is 0 Å². The molecule has 0 unspecified atom stereocenters. The first kappa shape index (κ1) is 12.3. The molecule has 1 aliphatic carbocycles. The molecule has 0 aliphatic heterocycles. The summed E-state index contributed by atoms with van der Waals surface area (Å²) < 4.78 is 0. The molecule has 3 amide bonds. The van der Waals surface area contributed by atoms with E-state index in [4.69, 9.17) is 11.6 Å². The van der Waals surface area contributed by atoms with Crippen LogP contribution in [0.3, 0.4) is 0 Å². The second-order valence-corrected chi connectivity index (χ2v) is 4.29. The van der Waals surface area contributed by atoms with Crippen LogP contribution < -0.4 is 10.6 Å². The second kappa shape index (κ2) is 5.95. The standard InChI is InChI=1S/C10H17ClN2O2/c1-7-4-2-3-5-8(7)12-10(15)13-9(14)6-11/h7-8H,2-6H2,1H3,(H2,12,13,14,15)/t7-,8+/m1/s1. The van der Waals surface area contributed by atoms with Crippen LogP contribution in [0.15, 0.2) is 0 Å². The number of hydrogen-bond acceptors (Lipinski definition) is 2. The summed E-state index contributed by atoms with van der Waals surface area (Å²) in [6.45, 7) is 2.12. The van der Waals surface area contributed by atoms with Crippen molar-refractivity contribution in [3.05, 3.63) is 0 Å². The van der Waals surface area contributed by atoms with Crippen molar-refractivity contribution in [1.29, 1.82) is 0 Å². The Bertz CT molecular complexity index is 246. The van der Waals surface area contributed by atoms with E-state index in [0.29, 0.717) is 5.92 Å². The normalized spacial score (nSPS) is 25.7. The van der Waals surface area contributed by atoms with Gasteiger partial charge in [-0.3, -0.25) is 10.1 Å². The quantitative estimate of drug-likeness (QED) is 0.711. The fraction of sp³-hybridized carbons (Fsp3) is 0.800. The van der Waals surface area contributed by atoms with Gasteiger partial charge in [0.05, 0.1) is 0 Å². The molecule has 5 heteroatoms. The number of nitrogens with one attached hydrogen (secondary N) is 2. The highest BCUT2D eigenvalue weighted by Gasteiger charge is 2.23. The van der Waals surface area contributed by atoms with Crippen LogP contribution in [0, 0.1) is 5.92 Å². The maximum Gasteiger partial charge on any atom is 0.321 e. The van der Waals surface area contributed by atoms with Gasteiger partial charge in [0.15, 0.2) is 0 Å². The molecule has 15 heavy (non-hydrogen) atoms. The van der Waals surface area contributed by atoms with Gasteiger partial charge in [0.1, 0.15) is 5.88 Å². The molecule has 0 heterocycles. The highest BCUT2D eigenvalue weighted by molar-refractivity contribution is 6.28. The predicted molar refractivity (Wildman–Crippen MR) is 58.8 cm³/mol. The monoisotopic (exact) mass is 232 g/mol. The molecule has 2 N–H and O–H groups in total. The van der Waals surface area contributed by atoms with E-state index in [9.17, 15) is 9.59 Å². The fourth-order valence-corrected chi connectivity index (χ4v) is 1.96. The van der Waals surface area contributed by atoms with Gasteiger partial charge in [-0.15, -0.1) is 11.6 Å². The lowest BCUT2D eigenvalue weighted by Crippen LogP contribution is -2.48. The zero-order valence-electron chi connectivity index (χ0n) is 8.88. The molecule has 0 aromatic heterocycles. The number of carbonyl (C=O) groups excluding carboxylic acids is 2. The summed E-state index contributed by atoms with van der Waals surface area (Å²) in [6, 6.07) is -0.249. The SMILES string of the molecule is C[C@@H]1CCCC[C@@H]1NC(=O)NC(=O)CCl. The Balaban J connectivity index is 2.33. The maximum absolute atomic E-state index is 11.3. The highest BCUT2D eigenvalue weighted by Crippen LogP contribution is 2.23. The van der Waals surface area contributed by atoms with Crippen molar-refractivity contribution in [2.24, 2.45) is 5.92 Å². The Kier molecular flexibility index (Phi) is 4.88. The molecular formula is C10H17ClN2O2. The minimum Gasteiger partial charge on any atom is -0.335 e. The summed E-state index contributed by atoms with van der Waals surface area (Å²) in [5.74, 6) is -0.165. The highest BCUT2D eigenvalue weighted by atomic mass is 35.5. The van der Waals surface area contributed by atoms with Gasteiger partial charge in [0, 0.05) is 6.04 Å². The van der Waals surface area contributed by atoms with Crippen LogP contribution in [0.25, 0.3) is 0 Å². The average molecular weight is 233 g/mol. The lowest BCUT2D eigenvalue weighted by atomic mass is 9.86. The third-order valence-electron chi connectivity index (χ3n) is 2.80. The molecule has 0 radical (unpaired) electrons. The van der Waals surface area contributed by atoms with Crippen LogP contribution in [-0.4, -0.2) is 23.9 Å². The lowest BCUT2D eigenvalue weighted by molar-refractivity contribution is -0.117. The van der Waals surface area contributed by atoms with E-state index in [-0.39, 0.29) is 11.9 Å². The van der Waals surface area contributed by atoms with E-state index >= 15 is 0 Å². The predicted octanol–water partition coefficient (Wildman–Crippen LogP) is 1.63. The van der Waals surface area contributed by atoms with Crippen molar-refractivity contribution in [2.45, 2.75) is 38.6 Å². The van der Waals surface area contributed by atoms with E-state index in [2.05, 4.69) is 17.6 Å². The van der Waals surface area contributed by atoms with Gasteiger partial charge in [0.25, 0.3) is 0 Å². The van der Waals surface area contributed by atoms with E-state index < -0.39 is 11.9 Å². The first-order chi connectivity index (χ1) is 7.13. The third kappa shape index (κ3) is 4.08. The zero-order valence-corrected chi connectivity index (χ0v) is 9.64.